The van der Waals surface area contributed by atoms with E-state index in [2.05, 4.69) is 9.30 Å². The average Bonchev–Trinajstić information content (AvgIpc) is 2.64. The molecule has 0 radical (unpaired) electrons. The maximum atomic E-state index is 13.9. The Morgan fingerprint density at radius 1 is 1.38 bits per heavy atom. The van der Waals surface area contributed by atoms with Crippen LogP contribution in [-0.2, 0) is 20.6 Å². The van der Waals surface area contributed by atoms with Crippen molar-refractivity contribution in [3.8, 4) is 0 Å². The van der Waals surface area contributed by atoms with Crippen LogP contribution in [0.25, 0.3) is 0 Å². The van der Waals surface area contributed by atoms with Crippen LogP contribution >= 0.6 is 11.9 Å². The van der Waals surface area contributed by atoms with Gasteiger partial charge in [0, 0.05) is 28.2 Å². The first-order chi connectivity index (χ1) is 13.5. The zero-order valence-corrected chi connectivity index (χ0v) is 17.7. The number of nitroso groups, excluding NO2 is 1. The largest absolute Gasteiger partial charge is 0.480 e. The van der Waals surface area contributed by atoms with E-state index < -0.39 is 43.7 Å². The predicted molar refractivity (Wildman–Crippen MR) is 106 cm³/mol. The number of carboxylic acid groups (broad SMARTS) is 1. The Bertz CT molecular complexity index is 876. The van der Waals surface area contributed by atoms with Crippen LogP contribution in [0.2, 0.25) is 0 Å². The molecule has 1 aliphatic rings. The van der Waals surface area contributed by atoms with Gasteiger partial charge < -0.3 is 10.0 Å². The number of sulfonamides is 1. The van der Waals surface area contributed by atoms with Gasteiger partial charge in [-0.1, -0.05) is 13.0 Å². The summed E-state index contributed by atoms with van der Waals surface area (Å²) in [5.41, 5.74) is -2.32. The molecule has 2 rings (SSSR count). The third-order valence-electron chi connectivity index (χ3n) is 5.37. The van der Waals surface area contributed by atoms with E-state index in [1.807, 2.05) is 11.9 Å². The first-order valence-electron chi connectivity index (χ1n) is 8.89. The van der Waals surface area contributed by atoms with Crippen molar-refractivity contribution in [3.05, 3.63) is 40.3 Å². The van der Waals surface area contributed by atoms with Crippen molar-refractivity contribution in [2.24, 2.45) is 4.58 Å². The third kappa shape index (κ3) is 4.93. The molecule has 1 saturated heterocycles. The molecule has 12 heteroatoms. The molecule has 0 amide bonds. The molecule has 8 nitrogen and oxygen atoms in total. The van der Waals surface area contributed by atoms with Crippen LogP contribution in [0, 0.1) is 16.5 Å². The number of piperidine rings is 1. The number of hydrogen-bond donors (Lipinski definition) is 2. The Morgan fingerprint density at radius 2 is 2.00 bits per heavy atom. The fraction of sp³-hybridized carbons (Fsp3) is 0.588. The van der Waals surface area contributed by atoms with Gasteiger partial charge >= 0.3 is 5.97 Å². The average molecular weight is 452 g/mol. The quantitative estimate of drug-likeness (QED) is 0.438. The predicted octanol–water partition coefficient (Wildman–Crippen LogP) is 2.50. The monoisotopic (exact) mass is 451 g/mol. The lowest BCUT2D eigenvalue weighted by Gasteiger charge is -2.48. The molecule has 2 N–H and O–H groups in total. The van der Waals surface area contributed by atoms with Crippen molar-refractivity contribution in [2.75, 3.05) is 20.1 Å². The summed E-state index contributed by atoms with van der Waals surface area (Å²) in [4.78, 5) is 25.4. The molecular formula is C17H23F2N3O5S2. The van der Waals surface area contributed by atoms with Crippen molar-refractivity contribution < 1.29 is 27.1 Å². The number of carbonyl (C=O) groups is 1. The summed E-state index contributed by atoms with van der Waals surface area (Å²) in [7, 11) is -2.54. The lowest BCUT2D eigenvalue weighted by atomic mass is 9.75. The van der Waals surface area contributed by atoms with Crippen LogP contribution in [0.5, 0.6) is 0 Å². The number of nitrogens with zero attached hydrogens (tertiary/aromatic N) is 2. The maximum absolute atomic E-state index is 13.9. The van der Waals surface area contributed by atoms with Gasteiger partial charge in [-0.3, -0.25) is 4.79 Å². The SMILES string of the molecule is CCC(NS(=O)(=O)Cc1ccc(F)cc1F)(C(=O)O)C1(SN=O)CCN(C)CC1. The molecule has 1 aliphatic heterocycles. The Hall–Kier alpha value is -1.63. The molecule has 0 saturated carbocycles. The van der Waals surface area contributed by atoms with Gasteiger partial charge in [-0.25, -0.2) is 17.2 Å². The molecule has 29 heavy (non-hydrogen) atoms. The van der Waals surface area contributed by atoms with Crippen molar-refractivity contribution in [2.45, 2.75) is 42.2 Å². The second kappa shape index (κ2) is 9.02. The molecule has 1 fully saturated rings. The van der Waals surface area contributed by atoms with E-state index >= 15 is 0 Å². The van der Waals surface area contributed by atoms with Gasteiger partial charge in [0.05, 0.1) is 10.5 Å². The highest BCUT2D eigenvalue weighted by Crippen LogP contribution is 2.47. The summed E-state index contributed by atoms with van der Waals surface area (Å²) < 4.78 is 56.4. The standard InChI is InChI=1S/C17H23F2N3O5S2/c1-3-17(15(23)24,16(28-21-25)6-8-22(2)9-7-16)20-29(26,27)11-12-4-5-13(18)10-14(12)19/h4-5,10,20H,3,6-9,11H2,1-2H3,(H,23,24). The normalized spacial score (nSPS) is 19.4. The molecule has 1 unspecified atom stereocenters. The molecular weight excluding hydrogens is 428 g/mol. The van der Waals surface area contributed by atoms with Gasteiger partial charge in [0.25, 0.3) is 0 Å². The Kier molecular flexibility index (Phi) is 7.36. The van der Waals surface area contributed by atoms with Gasteiger partial charge in [0.15, 0.2) is 0 Å². The minimum Gasteiger partial charge on any atom is -0.480 e. The minimum absolute atomic E-state index is 0.153. The first kappa shape index (κ1) is 23.6. The van der Waals surface area contributed by atoms with Crippen LogP contribution in [0.1, 0.15) is 31.7 Å². The van der Waals surface area contributed by atoms with E-state index in [1.54, 1.807) is 0 Å². The van der Waals surface area contributed by atoms with Crippen LogP contribution in [0.3, 0.4) is 0 Å². The van der Waals surface area contributed by atoms with Crippen LogP contribution in [-0.4, -0.2) is 54.8 Å². The van der Waals surface area contributed by atoms with Gasteiger partial charge in [-0.05, 0) is 45.5 Å². The highest BCUT2D eigenvalue weighted by atomic mass is 32.2. The number of carboxylic acids is 1. The number of benzene rings is 1. The number of aliphatic carboxylic acids is 1. The molecule has 1 aromatic carbocycles. The van der Waals surface area contributed by atoms with Gasteiger partial charge in [0.2, 0.25) is 10.0 Å². The Balaban J connectivity index is 2.45. The summed E-state index contributed by atoms with van der Waals surface area (Å²) in [6, 6.07) is 2.47. The minimum atomic E-state index is -4.37. The highest BCUT2D eigenvalue weighted by Gasteiger charge is 2.59. The second-order valence-electron chi connectivity index (χ2n) is 7.12. The molecule has 0 spiro atoms. The van der Waals surface area contributed by atoms with Crippen LogP contribution in [0.4, 0.5) is 8.78 Å². The number of hydrogen-bond acceptors (Lipinski definition) is 7. The molecule has 1 heterocycles. The number of likely N-dealkylation sites (tertiary alicyclic amines) is 1. The smallest absolute Gasteiger partial charge is 0.326 e. The lowest BCUT2D eigenvalue weighted by molar-refractivity contribution is -0.146. The summed E-state index contributed by atoms with van der Waals surface area (Å²) in [6.07, 6.45) is 0.278. The van der Waals surface area contributed by atoms with E-state index in [9.17, 15) is 32.0 Å². The van der Waals surface area contributed by atoms with Crippen molar-refractivity contribution in [3.63, 3.8) is 0 Å². The van der Waals surface area contributed by atoms with Gasteiger partial charge in [-0.15, -0.1) is 4.91 Å². The highest BCUT2D eigenvalue weighted by molar-refractivity contribution is 7.99. The van der Waals surface area contributed by atoms with E-state index in [0.29, 0.717) is 31.1 Å². The molecule has 0 aromatic heterocycles. The van der Waals surface area contributed by atoms with E-state index in [4.69, 9.17) is 0 Å². The van der Waals surface area contributed by atoms with E-state index in [-0.39, 0.29) is 24.8 Å². The number of halogens is 2. The molecule has 0 aliphatic carbocycles. The van der Waals surface area contributed by atoms with Gasteiger partial charge in [-0.2, -0.15) is 4.72 Å². The third-order valence-corrected chi connectivity index (χ3v) is 7.90. The molecule has 1 atom stereocenters. The summed E-state index contributed by atoms with van der Waals surface area (Å²) in [5, 5.41) is 10.0. The fourth-order valence-electron chi connectivity index (χ4n) is 3.67. The maximum Gasteiger partial charge on any atom is 0.326 e. The zero-order chi connectivity index (χ0) is 21.9. The van der Waals surface area contributed by atoms with Crippen molar-refractivity contribution in [1.29, 1.82) is 0 Å². The summed E-state index contributed by atoms with van der Waals surface area (Å²) in [5.74, 6) is -4.22. The lowest BCUT2D eigenvalue weighted by Crippen LogP contribution is -2.69. The van der Waals surface area contributed by atoms with Gasteiger partial charge in [0.1, 0.15) is 17.2 Å². The topological polar surface area (TPSA) is 116 Å². The molecule has 162 valence electrons. The van der Waals surface area contributed by atoms with Crippen molar-refractivity contribution in [1.82, 2.24) is 9.62 Å². The first-order valence-corrected chi connectivity index (χ1v) is 11.3. The summed E-state index contributed by atoms with van der Waals surface area (Å²) in [6.45, 7) is 2.40. The zero-order valence-electron chi connectivity index (χ0n) is 16.0. The Morgan fingerprint density at radius 3 is 2.48 bits per heavy atom. The summed E-state index contributed by atoms with van der Waals surface area (Å²) >= 11 is 0.525. The Labute approximate surface area is 172 Å². The van der Waals surface area contributed by atoms with Crippen LogP contribution in [0.15, 0.2) is 22.8 Å². The van der Waals surface area contributed by atoms with E-state index in [0.717, 1.165) is 12.1 Å². The number of nitrogens with one attached hydrogen (secondary N) is 1. The number of rotatable bonds is 9. The second-order valence-corrected chi connectivity index (χ2v) is 9.96. The fourth-order valence-corrected chi connectivity index (χ4v) is 6.35. The van der Waals surface area contributed by atoms with E-state index in [1.165, 1.54) is 6.92 Å². The van der Waals surface area contributed by atoms with Crippen molar-refractivity contribution >= 4 is 27.9 Å². The molecule has 1 aromatic rings. The molecule has 0 bridgehead atoms. The van der Waals surface area contributed by atoms with Crippen LogP contribution < -0.4 is 4.72 Å².